The van der Waals surface area contributed by atoms with Gasteiger partial charge in [-0.1, -0.05) is 0 Å². The SMILES string of the molecule is CNC(=O)/C=C/OP(=O)(O)OC. The molecule has 70 valence electrons. The summed E-state index contributed by atoms with van der Waals surface area (Å²) < 4.78 is 18.8. The Balaban J connectivity index is 3.90. The highest BCUT2D eigenvalue weighted by Gasteiger charge is 2.16. The Morgan fingerprint density at radius 3 is 2.67 bits per heavy atom. The maximum absolute atomic E-state index is 10.6. The van der Waals surface area contributed by atoms with Crippen molar-refractivity contribution in [3.05, 3.63) is 12.3 Å². The van der Waals surface area contributed by atoms with Crippen molar-refractivity contribution >= 4 is 13.7 Å². The smallest absolute Gasteiger partial charge is 0.412 e. The highest BCUT2D eigenvalue weighted by Crippen LogP contribution is 2.41. The lowest BCUT2D eigenvalue weighted by molar-refractivity contribution is -0.116. The standard InChI is InChI=1S/C5H10NO5P/c1-6-5(7)3-4-11-12(8,9)10-2/h3-4H,1-2H3,(H,6,7)(H,8,9)/b4-3+. The molecule has 1 atom stereocenters. The highest BCUT2D eigenvalue weighted by molar-refractivity contribution is 7.47. The average Bonchev–Trinajstić information content (AvgIpc) is 2.04. The first-order valence-corrected chi connectivity index (χ1v) is 4.46. The van der Waals surface area contributed by atoms with Gasteiger partial charge in [-0.3, -0.25) is 14.2 Å². The van der Waals surface area contributed by atoms with Crippen LogP contribution >= 0.6 is 7.82 Å². The number of nitrogens with one attached hydrogen (secondary N) is 1. The lowest BCUT2D eigenvalue weighted by Gasteiger charge is -2.04. The Morgan fingerprint density at radius 1 is 1.67 bits per heavy atom. The van der Waals surface area contributed by atoms with Crippen LogP contribution in [-0.4, -0.2) is 25.0 Å². The molecule has 2 N–H and O–H groups in total. The van der Waals surface area contributed by atoms with Crippen molar-refractivity contribution in [1.82, 2.24) is 5.32 Å². The third kappa shape index (κ3) is 4.90. The molecule has 6 nitrogen and oxygen atoms in total. The number of hydrogen-bond donors (Lipinski definition) is 2. The number of likely N-dealkylation sites (N-methyl/N-ethyl adjacent to an activating group) is 1. The van der Waals surface area contributed by atoms with Gasteiger partial charge < -0.3 is 9.84 Å². The number of rotatable bonds is 4. The summed E-state index contributed by atoms with van der Waals surface area (Å²) in [5, 5.41) is 2.25. The van der Waals surface area contributed by atoms with Crippen LogP contribution in [0.3, 0.4) is 0 Å². The van der Waals surface area contributed by atoms with Crippen molar-refractivity contribution in [2.75, 3.05) is 14.2 Å². The second-order valence-corrected chi connectivity index (χ2v) is 3.19. The zero-order valence-corrected chi connectivity index (χ0v) is 7.58. The van der Waals surface area contributed by atoms with Gasteiger partial charge in [0.05, 0.1) is 0 Å². The van der Waals surface area contributed by atoms with Gasteiger partial charge >= 0.3 is 7.82 Å². The van der Waals surface area contributed by atoms with Crippen LogP contribution in [0.2, 0.25) is 0 Å². The third-order valence-electron chi connectivity index (χ3n) is 0.891. The zero-order chi connectivity index (χ0) is 9.61. The van der Waals surface area contributed by atoms with E-state index < -0.39 is 13.7 Å². The second kappa shape index (κ2) is 4.92. The van der Waals surface area contributed by atoms with Gasteiger partial charge in [-0.2, -0.15) is 0 Å². The number of hydrogen-bond acceptors (Lipinski definition) is 4. The van der Waals surface area contributed by atoms with Gasteiger partial charge in [0.25, 0.3) is 0 Å². The summed E-state index contributed by atoms with van der Waals surface area (Å²) >= 11 is 0. The molecular weight excluding hydrogens is 185 g/mol. The van der Waals surface area contributed by atoms with Crippen LogP contribution in [0.1, 0.15) is 0 Å². The molecule has 0 radical (unpaired) electrons. The Hall–Kier alpha value is -0.840. The molecule has 0 aromatic heterocycles. The van der Waals surface area contributed by atoms with Crippen LogP contribution in [0.25, 0.3) is 0 Å². The molecule has 7 heteroatoms. The van der Waals surface area contributed by atoms with Gasteiger partial charge in [-0.05, 0) is 0 Å². The van der Waals surface area contributed by atoms with E-state index in [9.17, 15) is 9.36 Å². The zero-order valence-electron chi connectivity index (χ0n) is 6.68. The Labute approximate surface area is 69.8 Å². The number of phosphoric ester groups is 1. The van der Waals surface area contributed by atoms with E-state index in [1.54, 1.807) is 0 Å². The van der Waals surface area contributed by atoms with Crippen LogP contribution in [0.15, 0.2) is 12.3 Å². The van der Waals surface area contributed by atoms with Gasteiger partial charge in [0, 0.05) is 20.2 Å². The fraction of sp³-hybridized carbons (Fsp3) is 0.400. The molecule has 0 fully saturated rings. The molecular formula is C5H10NO5P. The van der Waals surface area contributed by atoms with Gasteiger partial charge in [-0.25, -0.2) is 4.57 Å². The predicted molar refractivity (Wildman–Crippen MR) is 41.1 cm³/mol. The van der Waals surface area contributed by atoms with Crippen LogP contribution in [0.5, 0.6) is 0 Å². The van der Waals surface area contributed by atoms with Crippen LogP contribution in [0, 0.1) is 0 Å². The molecule has 0 aromatic rings. The maximum atomic E-state index is 10.6. The fourth-order valence-electron chi connectivity index (χ4n) is 0.296. The number of carbonyl (C=O) groups is 1. The highest BCUT2D eigenvalue weighted by atomic mass is 31.2. The summed E-state index contributed by atoms with van der Waals surface area (Å²) in [6, 6.07) is 0. The monoisotopic (exact) mass is 195 g/mol. The molecule has 1 amide bonds. The van der Waals surface area contributed by atoms with Crippen LogP contribution in [0.4, 0.5) is 0 Å². The van der Waals surface area contributed by atoms with Gasteiger partial charge in [0.15, 0.2) is 0 Å². The minimum absolute atomic E-state index is 0.439. The van der Waals surface area contributed by atoms with Crippen molar-refractivity contribution in [3.8, 4) is 0 Å². The van der Waals surface area contributed by atoms with E-state index in [-0.39, 0.29) is 0 Å². The van der Waals surface area contributed by atoms with Gasteiger partial charge in [0.1, 0.15) is 6.26 Å². The van der Waals surface area contributed by atoms with E-state index in [2.05, 4.69) is 14.4 Å². The second-order valence-electron chi connectivity index (χ2n) is 1.67. The lowest BCUT2D eigenvalue weighted by Crippen LogP contribution is -2.14. The van der Waals surface area contributed by atoms with E-state index in [1.165, 1.54) is 7.05 Å². The third-order valence-corrected chi connectivity index (χ3v) is 1.74. The first-order valence-electron chi connectivity index (χ1n) is 2.97. The minimum Gasteiger partial charge on any atom is -0.412 e. The van der Waals surface area contributed by atoms with E-state index in [0.29, 0.717) is 0 Å². The Morgan fingerprint density at radius 2 is 2.25 bits per heavy atom. The van der Waals surface area contributed by atoms with Crippen LogP contribution < -0.4 is 5.32 Å². The number of phosphoric acid groups is 1. The Bertz CT molecular complexity index is 226. The largest absolute Gasteiger partial charge is 0.526 e. The maximum Gasteiger partial charge on any atom is 0.526 e. The minimum atomic E-state index is -4.01. The van der Waals surface area contributed by atoms with Crippen molar-refractivity contribution in [3.63, 3.8) is 0 Å². The van der Waals surface area contributed by atoms with Crippen molar-refractivity contribution in [2.24, 2.45) is 0 Å². The summed E-state index contributed by atoms with van der Waals surface area (Å²) in [6.07, 6.45) is 1.75. The van der Waals surface area contributed by atoms with E-state index in [1.807, 2.05) is 0 Å². The van der Waals surface area contributed by atoms with Gasteiger partial charge in [-0.15, -0.1) is 0 Å². The predicted octanol–water partition coefficient (Wildman–Crippen LogP) is 0.00950. The molecule has 12 heavy (non-hydrogen) atoms. The number of carbonyl (C=O) groups excluding carboxylic acids is 1. The molecule has 0 bridgehead atoms. The first kappa shape index (κ1) is 11.2. The topological polar surface area (TPSA) is 84.9 Å². The first-order chi connectivity index (χ1) is 5.52. The molecule has 0 rings (SSSR count). The molecule has 0 aliphatic rings. The van der Waals surface area contributed by atoms with E-state index in [0.717, 1.165) is 19.4 Å². The molecule has 0 aliphatic carbocycles. The molecule has 0 heterocycles. The molecule has 0 spiro atoms. The molecule has 0 aromatic carbocycles. The van der Waals surface area contributed by atoms with E-state index >= 15 is 0 Å². The van der Waals surface area contributed by atoms with Crippen molar-refractivity contribution < 1.29 is 23.3 Å². The normalized spacial score (nSPS) is 15.6. The van der Waals surface area contributed by atoms with Crippen molar-refractivity contribution in [1.29, 1.82) is 0 Å². The quantitative estimate of drug-likeness (QED) is 0.375. The molecule has 0 saturated carbocycles. The average molecular weight is 195 g/mol. The summed E-state index contributed by atoms with van der Waals surface area (Å²) in [6.45, 7) is 0. The molecule has 1 unspecified atom stereocenters. The molecule has 0 saturated heterocycles. The number of amides is 1. The van der Waals surface area contributed by atoms with Crippen molar-refractivity contribution in [2.45, 2.75) is 0 Å². The summed E-state index contributed by atoms with van der Waals surface area (Å²) in [5.74, 6) is -0.439. The summed E-state index contributed by atoms with van der Waals surface area (Å²) in [4.78, 5) is 19.1. The fourth-order valence-corrected chi connectivity index (χ4v) is 0.596. The summed E-state index contributed by atoms with van der Waals surface area (Å²) in [5.41, 5.74) is 0. The van der Waals surface area contributed by atoms with Crippen LogP contribution in [-0.2, 0) is 18.4 Å². The van der Waals surface area contributed by atoms with E-state index in [4.69, 9.17) is 4.89 Å². The van der Waals surface area contributed by atoms with Gasteiger partial charge in [0.2, 0.25) is 5.91 Å². The molecule has 0 aliphatic heterocycles. The lowest BCUT2D eigenvalue weighted by atomic mass is 10.6. The Kier molecular flexibility index (Phi) is 4.58. The summed E-state index contributed by atoms with van der Waals surface area (Å²) in [7, 11) is -1.57.